The number of fused-ring (bicyclic) bond motifs is 3. The van der Waals surface area contributed by atoms with Gasteiger partial charge in [-0.15, -0.1) is 0 Å². The zero-order valence-electron chi connectivity index (χ0n) is 12.6. The summed E-state index contributed by atoms with van der Waals surface area (Å²) in [6.07, 6.45) is 13.6. The summed E-state index contributed by atoms with van der Waals surface area (Å²) in [5.41, 5.74) is 3.96. The molecule has 0 radical (unpaired) electrons. The molecule has 0 bridgehead atoms. The van der Waals surface area contributed by atoms with E-state index >= 15 is 0 Å². The fourth-order valence-electron chi connectivity index (χ4n) is 5.13. The van der Waals surface area contributed by atoms with Gasteiger partial charge in [0.05, 0.1) is 0 Å². The van der Waals surface area contributed by atoms with Crippen LogP contribution in [0.3, 0.4) is 0 Å². The molecule has 106 valence electrons. The van der Waals surface area contributed by atoms with Crippen LogP contribution in [0.25, 0.3) is 0 Å². The third kappa shape index (κ3) is 2.34. The monoisotopic (exact) mass is 370 g/mol. The summed E-state index contributed by atoms with van der Waals surface area (Å²) in [6, 6.07) is 0. The maximum Gasteiger partial charge on any atom is 0.0293 e. The highest BCUT2D eigenvalue weighted by molar-refractivity contribution is 14.1. The van der Waals surface area contributed by atoms with Crippen molar-refractivity contribution in [3.05, 3.63) is 23.3 Å². The first-order chi connectivity index (χ1) is 9.02. The highest BCUT2D eigenvalue weighted by Gasteiger charge is 2.48. The lowest BCUT2D eigenvalue weighted by atomic mass is 9.51. The van der Waals surface area contributed by atoms with Gasteiger partial charge in [0, 0.05) is 3.92 Å². The van der Waals surface area contributed by atoms with Crippen molar-refractivity contribution >= 4 is 22.6 Å². The Balaban J connectivity index is 1.94. The Morgan fingerprint density at radius 2 is 2.16 bits per heavy atom. The summed E-state index contributed by atoms with van der Waals surface area (Å²) in [5, 5.41) is 0. The Kier molecular flexibility index (Phi) is 3.87. The molecule has 0 nitrogen and oxygen atoms in total. The molecule has 0 aliphatic heterocycles. The van der Waals surface area contributed by atoms with Crippen LogP contribution < -0.4 is 0 Å². The quantitative estimate of drug-likeness (QED) is 0.397. The van der Waals surface area contributed by atoms with Gasteiger partial charge in [0.15, 0.2) is 0 Å². The van der Waals surface area contributed by atoms with Gasteiger partial charge in [0.25, 0.3) is 0 Å². The van der Waals surface area contributed by atoms with Gasteiger partial charge in [0.1, 0.15) is 0 Å². The topological polar surface area (TPSA) is 0 Å². The van der Waals surface area contributed by atoms with Crippen molar-refractivity contribution in [3.8, 4) is 0 Å². The van der Waals surface area contributed by atoms with Gasteiger partial charge in [-0.3, -0.25) is 0 Å². The maximum atomic E-state index is 2.61. The molecule has 3 aliphatic carbocycles. The predicted octanol–water partition coefficient (Wildman–Crippen LogP) is 5.92. The third-order valence-electron chi connectivity index (χ3n) is 6.30. The highest BCUT2D eigenvalue weighted by atomic mass is 127. The molecule has 0 saturated heterocycles. The zero-order chi connectivity index (χ0) is 13.6. The summed E-state index contributed by atoms with van der Waals surface area (Å²) in [6.45, 7) is 7.44. The Morgan fingerprint density at radius 1 is 1.37 bits per heavy atom. The molecule has 1 saturated carbocycles. The van der Waals surface area contributed by atoms with Gasteiger partial charge in [-0.25, -0.2) is 0 Å². The van der Waals surface area contributed by atoms with Crippen molar-refractivity contribution in [2.45, 2.75) is 63.2 Å². The number of rotatable bonds is 1. The van der Waals surface area contributed by atoms with E-state index in [4.69, 9.17) is 0 Å². The fourth-order valence-corrected chi connectivity index (χ4v) is 5.62. The lowest BCUT2D eigenvalue weighted by molar-refractivity contribution is 0.0112. The SMILES string of the molecule is CC(I)C1=CC2=CCC3[C@@H](C)CCC[C@]3(C)C2CC1. The van der Waals surface area contributed by atoms with E-state index < -0.39 is 0 Å². The number of hydrogen-bond donors (Lipinski definition) is 0. The van der Waals surface area contributed by atoms with Crippen molar-refractivity contribution in [2.24, 2.45) is 23.2 Å². The molecule has 5 atom stereocenters. The lowest BCUT2D eigenvalue weighted by Crippen LogP contribution is -2.45. The second kappa shape index (κ2) is 5.20. The van der Waals surface area contributed by atoms with Crippen LogP contribution in [0.15, 0.2) is 23.3 Å². The molecule has 0 heterocycles. The second-order valence-corrected chi connectivity index (χ2v) is 9.22. The van der Waals surface area contributed by atoms with E-state index in [2.05, 4.69) is 55.5 Å². The van der Waals surface area contributed by atoms with Crippen molar-refractivity contribution in [1.82, 2.24) is 0 Å². The van der Waals surface area contributed by atoms with Crippen LogP contribution in [0.4, 0.5) is 0 Å². The van der Waals surface area contributed by atoms with E-state index in [-0.39, 0.29) is 0 Å². The molecule has 0 N–H and O–H groups in total. The summed E-state index contributed by atoms with van der Waals surface area (Å²) in [5.74, 6) is 2.74. The molecule has 3 aliphatic rings. The predicted molar refractivity (Wildman–Crippen MR) is 91.6 cm³/mol. The van der Waals surface area contributed by atoms with E-state index in [0.717, 1.165) is 17.8 Å². The molecule has 0 aromatic carbocycles. The molecule has 0 aromatic heterocycles. The molecular weight excluding hydrogens is 343 g/mol. The van der Waals surface area contributed by atoms with Crippen molar-refractivity contribution in [1.29, 1.82) is 0 Å². The smallest absolute Gasteiger partial charge is 0.0293 e. The highest BCUT2D eigenvalue weighted by Crippen LogP contribution is 2.58. The molecule has 3 unspecified atom stereocenters. The van der Waals surface area contributed by atoms with Gasteiger partial charge in [0.2, 0.25) is 0 Å². The molecule has 0 spiro atoms. The first-order valence-electron chi connectivity index (χ1n) is 8.07. The number of hydrogen-bond acceptors (Lipinski definition) is 0. The minimum atomic E-state index is 0.596. The number of allylic oxidation sites excluding steroid dienone is 4. The first kappa shape index (κ1) is 14.2. The average molecular weight is 370 g/mol. The van der Waals surface area contributed by atoms with E-state index in [9.17, 15) is 0 Å². The molecule has 3 rings (SSSR count). The molecular formula is C18H27I. The van der Waals surface area contributed by atoms with Crippen LogP contribution in [0.2, 0.25) is 0 Å². The largest absolute Gasteiger partial charge is 0.0807 e. The van der Waals surface area contributed by atoms with E-state index in [1.54, 1.807) is 11.1 Å². The van der Waals surface area contributed by atoms with Crippen molar-refractivity contribution in [3.63, 3.8) is 0 Å². The number of alkyl halides is 1. The Bertz CT molecular complexity index is 417. The zero-order valence-corrected chi connectivity index (χ0v) is 14.7. The van der Waals surface area contributed by atoms with Crippen LogP contribution in [0.5, 0.6) is 0 Å². The van der Waals surface area contributed by atoms with Gasteiger partial charge < -0.3 is 0 Å². The lowest BCUT2D eigenvalue weighted by Gasteiger charge is -2.54. The molecule has 1 fully saturated rings. The summed E-state index contributed by atoms with van der Waals surface area (Å²) in [4.78, 5) is 0. The normalized spacial score (nSPS) is 43.7. The van der Waals surface area contributed by atoms with Crippen molar-refractivity contribution < 1.29 is 0 Å². The summed E-state index contributed by atoms with van der Waals surface area (Å²) >= 11 is 2.57. The van der Waals surface area contributed by atoms with Crippen LogP contribution >= 0.6 is 22.6 Å². The maximum absolute atomic E-state index is 2.61. The molecule has 0 aromatic rings. The van der Waals surface area contributed by atoms with Crippen LogP contribution in [-0.4, -0.2) is 3.92 Å². The molecule has 1 heteroatoms. The van der Waals surface area contributed by atoms with Gasteiger partial charge >= 0.3 is 0 Å². The summed E-state index contributed by atoms with van der Waals surface area (Å²) in [7, 11) is 0. The molecule has 19 heavy (non-hydrogen) atoms. The van der Waals surface area contributed by atoms with Crippen LogP contribution in [0, 0.1) is 23.2 Å². The average Bonchev–Trinajstić information content (AvgIpc) is 2.38. The van der Waals surface area contributed by atoms with Gasteiger partial charge in [-0.2, -0.15) is 0 Å². The first-order valence-corrected chi connectivity index (χ1v) is 9.31. The Labute approximate surface area is 132 Å². The van der Waals surface area contributed by atoms with Crippen molar-refractivity contribution in [2.75, 3.05) is 0 Å². The van der Waals surface area contributed by atoms with E-state index in [1.165, 1.54) is 38.5 Å². The Hall–Kier alpha value is 0.210. The Morgan fingerprint density at radius 3 is 2.89 bits per heavy atom. The van der Waals surface area contributed by atoms with E-state index in [0.29, 0.717) is 9.34 Å². The van der Waals surface area contributed by atoms with Crippen LogP contribution in [-0.2, 0) is 0 Å². The second-order valence-electron chi connectivity index (χ2n) is 7.35. The third-order valence-corrected chi connectivity index (χ3v) is 7.10. The minimum absolute atomic E-state index is 0.596. The van der Waals surface area contributed by atoms with Gasteiger partial charge in [-0.1, -0.05) is 67.0 Å². The van der Waals surface area contributed by atoms with Gasteiger partial charge in [-0.05, 0) is 61.3 Å². The summed E-state index contributed by atoms with van der Waals surface area (Å²) < 4.78 is 0.704. The number of halogens is 1. The molecule has 0 amide bonds. The minimum Gasteiger partial charge on any atom is -0.0807 e. The standard InChI is InChI=1S/C18H27I/c1-12-5-4-10-18(3)16(12)8-7-15-11-14(13(2)19)6-9-17(15)18/h7,11-13,16-17H,4-6,8-10H2,1-3H3/t12-,13?,16?,17?,18-/m0/s1. The van der Waals surface area contributed by atoms with Crippen LogP contribution in [0.1, 0.15) is 59.3 Å². The fraction of sp³-hybridized carbons (Fsp3) is 0.778. The van der Waals surface area contributed by atoms with E-state index in [1.807, 2.05) is 0 Å².